The molecule has 0 saturated carbocycles. The average molecular weight is 313 g/mol. The van der Waals surface area contributed by atoms with Crippen molar-refractivity contribution in [3.05, 3.63) is 0 Å². The van der Waals surface area contributed by atoms with Gasteiger partial charge in [0.2, 0.25) is 0 Å². The van der Waals surface area contributed by atoms with E-state index in [0.29, 0.717) is 6.42 Å². The van der Waals surface area contributed by atoms with E-state index in [1.54, 1.807) is 20.8 Å². The number of carbonyl (C=O) groups excluding carboxylic acids is 2. The Kier molecular flexibility index (Phi) is 7.42. The molecule has 0 aliphatic rings. The number of nitrogens with two attached hydrogens (primary N) is 1. The minimum absolute atomic E-state index is 0.0222. The molecular formula is C17H31NO4. The lowest BCUT2D eigenvalue weighted by Gasteiger charge is -2.27. The highest BCUT2D eigenvalue weighted by atomic mass is 16.4. The largest absolute Gasteiger partial charge is 0.481 e. The fourth-order valence-electron chi connectivity index (χ4n) is 2.35. The summed E-state index contributed by atoms with van der Waals surface area (Å²) >= 11 is 0. The number of carboxylic acid groups (broad SMARTS) is 1. The molecule has 0 rings (SSSR count). The van der Waals surface area contributed by atoms with Gasteiger partial charge in [0.1, 0.15) is 11.6 Å². The van der Waals surface area contributed by atoms with Gasteiger partial charge in [0.25, 0.3) is 0 Å². The third kappa shape index (κ3) is 7.69. The molecule has 5 nitrogen and oxygen atoms in total. The van der Waals surface area contributed by atoms with Gasteiger partial charge in [0.15, 0.2) is 0 Å². The molecule has 0 saturated heterocycles. The van der Waals surface area contributed by atoms with Crippen LogP contribution in [0, 0.1) is 22.7 Å². The summed E-state index contributed by atoms with van der Waals surface area (Å²) in [5.74, 6) is -2.48. The Morgan fingerprint density at radius 1 is 1.00 bits per heavy atom. The van der Waals surface area contributed by atoms with Crippen LogP contribution in [0.3, 0.4) is 0 Å². The van der Waals surface area contributed by atoms with Crippen molar-refractivity contribution in [2.24, 2.45) is 28.4 Å². The van der Waals surface area contributed by atoms with Gasteiger partial charge >= 0.3 is 5.97 Å². The Morgan fingerprint density at radius 3 is 1.82 bits per heavy atom. The lowest BCUT2D eigenvalue weighted by Crippen LogP contribution is -2.33. The van der Waals surface area contributed by atoms with E-state index in [2.05, 4.69) is 0 Å². The lowest BCUT2D eigenvalue weighted by atomic mass is 9.76. The van der Waals surface area contributed by atoms with Crippen molar-refractivity contribution in [3.8, 4) is 0 Å². The maximum Gasteiger partial charge on any atom is 0.307 e. The Morgan fingerprint density at radius 2 is 1.50 bits per heavy atom. The van der Waals surface area contributed by atoms with Crippen LogP contribution in [-0.2, 0) is 14.4 Å². The third-order valence-corrected chi connectivity index (χ3v) is 3.69. The monoisotopic (exact) mass is 313 g/mol. The van der Waals surface area contributed by atoms with Crippen LogP contribution >= 0.6 is 0 Å². The van der Waals surface area contributed by atoms with Gasteiger partial charge in [0, 0.05) is 31.7 Å². The van der Waals surface area contributed by atoms with E-state index in [1.165, 1.54) is 0 Å². The van der Waals surface area contributed by atoms with Crippen LogP contribution in [0.1, 0.15) is 60.8 Å². The maximum absolute atomic E-state index is 12.2. The second-order valence-electron chi connectivity index (χ2n) is 8.34. The number of carbonyl (C=O) groups is 3. The van der Waals surface area contributed by atoms with Crippen LogP contribution < -0.4 is 5.73 Å². The number of rotatable bonds is 8. The Labute approximate surface area is 133 Å². The van der Waals surface area contributed by atoms with Crippen molar-refractivity contribution in [2.75, 3.05) is 6.54 Å². The summed E-state index contributed by atoms with van der Waals surface area (Å²) < 4.78 is 0. The summed E-state index contributed by atoms with van der Waals surface area (Å²) in [4.78, 5) is 35.7. The molecule has 0 aromatic rings. The van der Waals surface area contributed by atoms with Crippen molar-refractivity contribution in [2.45, 2.75) is 60.8 Å². The molecule has 0 aliphatic heterocycles. The Balaban J connectivity index is 4.80. The van der Waals surface area contributed by atoms with Crippen LogP contribution in [0.25, 0.3) is 0 Å². The number of hydrogen-bond donors (Lipinski definition) is 2. The molecule has 0 aliphatic carbocycles. The molecule has 0 amide bonds. The minimum atomic E-state index is -0.980. The predicted octanol–water partition coefficient (Wildman–Crippen LogP) is 2.66. The van der Waals surface area contributed by atoms with Crippen LogP contribution in [0.5, 0.6) is 0 Å². The molecule has 5 heteroatoms. The predicted molar refractivity (Wildman–Crippen MR) is 86.4 cm³/mol. The molecule has 0 heterocycles. The van der Waals surface area contributed by atoms with Crippen LogP contribution in [-0.4, -0.2) is 29.2 Å². The van der Waals surface area contributed by atoms with Crippen LogP contribution in [0.4, 0.5) is 0 Å². The highest BCUT2D eigenvalue weighted by Crippen LogP contribution is 2.30. The van der Waals surface area contributed by atoms with Crippen LogP contribution in [0.2, 0.25) is 0 Å². The molecule has 2 atom stereocenters. The summed E-state index contributed by atoms with van der Waals surface area (Å²) in [6, 6.07) is 0. The van der Waals surface area contributed by atoms with Gasteiger partial charge in [-0.1, -0.05) is 41.5 Å². The van der Waals surface area contributed by atoms with Crippen molar-refractivity contribution < 1.29 is 19.5 Å². The molecule has 128 valence electrons. The molecule has 1 unspecified atom stereocenters. The molecule has 0 aromatic carbocycles. The smallest absolute Gasteiger partial charge is 0.307 e. The maximum atomic E-state index is 12.2. The van der Waals surface area contributed by atoms with E-state index < -0.39 is 23.2 Å². The first-order valence-corrected chi connectivity index (χ1v) is 7.75. The van der Waals surface area contributed by atoms with Gasteiger partial charge in [-0.3, -0.25) is 14.4 Å². The van der Waals surface area contributed by atoms with Gasteiger partial charge in [-0.25, -0.2) is 0 Å². The van der Waals surface area contributed by atoms with E-state index in [1.807, 2.05) is 20.8 Å². The first-order valence-electron chi connectivity index (χ1n) is 7.75. The zero-order valence-electron chi connectivity index (χ0n) is 14.7. The first-order chi connectivity index (χ1) is 9.77. The molecular weight excluding hydrogens is 282 g/mol. The Hall–Kier alpha value is -1.23. The lowest BCUT2D eigenvalue weighted by molar-refractivity contribution is -0.148. The third-order valence-electron chi connectivity index (χ3n) is 3.69. The van der Waals surface area contributed by atoms with E-state index in [4.69, 9.17) is 5.73 Å². The van der Waals surface area contributed by atoms with Crippen LogP contribution in [0.15, 0.2) is 0 Å². The highest BCUT2D eigenvalue weighted by molar-refractivity contribution is 5.90. The van der Waals surface area contributed by atoms with Crippen molar-refractivity contribution >= 4 is 17.5 Å². The SMILES string of the molecule is CC(C)(C)CC(=O)[C@H](CN)CC(=O)CC(C(=O)O)C(C)(C)C. The van der Waals surface area contributed by atoms with E-state index in [9.17, 15) is 19.5 Å². The van der Waals surface area contributed by atoms with Crippen molar-refractivity contribution in [3.63, 3.8) is 0 Å². The number of Topliss-reactive ketones (excluding diaryl/α,β-unsaturated/α-hetero) is 2. The second kappa shape index (κ2) is 7.86. The minimum Gasteiger partial charge on any atom is -0.481 e. The highest BCUT2D eigenvalue weighted by Gasteiger charge is 2.34. The number of ketones is 2. The summed E-state index contributed by atoms with van der Waals surface area (Å²) in [5.41, 5.74) is 4.97. The Bertz CT molecular complexity index is 415. The summed E-state index contributed by atoms with van der Waals surface area (Å²) in [5, 5.41) is 9.27. The summed E-state index contributed by atoms with van der Waals surface area (Å²) in [7, 11) is 0. The standard InChI is InChI=1S/C17H31NO4/c1-16(2,3)9-14(20)11(10-18)7-12(19)8-13(15(21)22)17(4,5)6/h11,13H,7-10,18H2,1-6H3,(H,21,22)/t11-,13?/m0/s1. The van der Waals surface area contributed by atoms with E-state index in [0.717, 1.165) is 0 Å². The van der Waals surface area contributed by atoms with Gasteiger partial charge in [-0.15, -0.1) is 0 Å². The molecule has 0 fully saturated rings. The second-order valence-corrected chi connectivity index (χ2v) is 8.34. The van der Waals surface area contributed by atoms with Crippen molar-refractivity contribution in [1.29, 1.82) is 0 Å². The molecule has 3 N–H and O–H groups in total. The zero-order valence-corrected chi connectivity index (χ0v) is 14.7. The first kappa shape index (κ1) is 20.8. The summed E-state index contributed by atoms with van der Waals surface area (Å²) in [6.45, 7) is 11.4. The average Bonchev–Trinajstić information content (AvgIpc) is 2.28. The normalized spacial score (nSPS) is 15.2. The van der Waals surface area contributed by atoms with Gasteiger partial charge in [-0.2, -0.15) is 0 Å². The molecule has 0 radical (unpaired) electrons. The van der Waals surface area contributed by atoms with Gasteiger partial charge in [0.05, 0.1) is 5.92 Å². The number of carboxylic acids is 1. The van der Waals surface area contributed by atoms with Gasteiger partial charge < -0.3 is 10.8 Å². The van der Waals surface area contributed by atoms with Gasteiger partial charge in [-0.05, 0) is 10.8 Å². The molecule has 0 aromatic heterocycles. The fraction of sp³-hybridized carbons (Fsp3) is 0.824. The van der Waals surface area contributed by atoms with Crippen molar-refractivity contribution in [1.82, 2.24) is 0 Å². The molecule has 0 bridgehead atoms. The molecule has 22 heavy (non-hydrogen) atoms. The number of aliphatic carboxylic acids is 1. The summed E-state index contributed by atoms with van der Waals surface area (Å²) in [6.07, 6.45) is 0.340. The van der Waals surface area contributed by atoms with E-state index >= 15 is 0 Å². The topological polar surface area (TPSA) is 97.5 Å². The zero-order chi connectivity index (χ0) is 17.7. The fourth-order valence-corrected chi connectivity index (χ4v) is 2.35. The molecule has 0 spiro atoms. The quantitative estimate of drug-likeness (QED) is 0.718. The number of hydrogen-bond acceptors (Lipinski definition) is 4. The van der Waals surface area contributed by atoms with E-state index in [-0.39, 0.29) is 36.4 Å².